The molecule has 15 heavy (non-hydrogen) atoms. The van der Waals surface area contributed by atoms with Crippen molar-refractivity contribution in [2.45, 2.75) is 5.88 Å². The molecule has 0 atom stereocenters. The number of rotatable bonds is 1. The van der Waals surface area contributed by atoms with Gasteiger partial charge in [-0.25, -0.2) is 0 Å². The number of halogens is 2. The monoisotopic (exact) mass is 238 g/mol. The average molecular weight is 239 g/mol. The van der Waals surface area contributed by atoms with E-state index in [1.807, 2.05) is 60.7 Å². The predicted molar refractivity (Wildman–Crippen MR) is 67.5 cm³/mol. The second-order valence-corrected chi connectivity index (χ2v) is 3.62. The molecule has 0 aliphatic rings. The standard InChI is InChI=1S/C7H7Cl.C6H5Cl/c8-6-7-4-2-1-3-5-7;7-6-4-2-1-3-5-6/h1-5H,6H2;1-5H. The van der Waals surface area contributed by atoms with E-state index < -0.39 is 0 Å². The van der Waals surface area contributed by atoms with Gasteiger partial charge in [-0.2, -0.15) is 0 Å². The van der Waals surface area contributed by atoms with Crippen LogP contribution in [0.2, 0.25) is 5.02 Å². The van der Waals surface area contributed by atoms with Crippen LogP contribution in [0.15, 0.2) is 60.7 Å². The Kier molecular flexibility index (Phi) is 5.91. The highest BCUT2D eigenvalue weighted by Gasteiger charge is 1.81. The molecular formula is C13H12Cl2. The molecule has 0 fully saturated rings. The zero-order chi connectivity index (χ0) is 10.9. The van der Waals surface area contributed by atoms with Crippen LogP contribution in [0, 0.1) is 0 Å². The van der Waals surface area contributed by atoms with Crippen molar-refractivity contribution in [3.63, 3.8) is 0 Å². The van der Waals surface area contributed by atoms with E-state index in [9.17, 15) is 0 Å². The first-order chi connectivity index (χ1) is 7.33. The third-order valence-corrected chi connectivity index (χ3v) is 2.29. The lowest BCUT2D eigenvalue weighted by molar-refractivity contribution is 1.41. The fraction of sp³-hybridized carbons (Fsp3) is 0.0769. The highest BCUT2D eigenvalue weighted by atomic mass is 35.5. The van der Waals surface area contributed by atoms with Crippen LogP contribution in [-0.2, 0) is 5.88 Å². The molecule has 0 unspecified atom stereocenters. The topological polar surface area (TPSA) is 0 Å². The zero-order valence-electron chi connectivity index (χ0n) is 8.24. The summed E-state index contributed by atoms with van der Waals surface area (Å²) in [5.74, 6) is 0.612. The lowest BCUT2D eigenvalue weighted by Crippen LogP contribution is -1.71. The van der Waals surface area contributed by atoms with Crippen molar-refractivity contribution in [2.24, 2.45) is 0 Å². The molecule has 0 aliphatic carbocycles. The first-order valence-electron chi connectivity index (χ1n) is 4.63. The average Bonchev–Trinajstić information content (AvgIpc) is 2.32. The van der Waals surface area contributed by atoms with Gasteiger partial charge in [-0.15, -0.1) is 11.6 Å². The van der Waals surface area contributed by atoms with Gasteiger partial charge in [0.15, 0.2) is 0 Å². The summed E-state index contributed by atoms with van der Waals surface area (Å²) in [7, 11) is 0. The van der Waals surface area contributed by atoms with Gasteiger partial charge in [0.05, 0.1) is 0 Å². The molecule has 78 valence electrons. The lowest BCUT2D eigenvalue weighted by atomic mass is 10.2. The number of hydrogen-bond donors (Lipinski definition) is 0. The number of alkyl halides is 1. The molecule has 2 heteroatoms. The van der Waals surface area contributed by atoms with Crippen molar-refractivity contribution >= 4 is 23.2 Å². The maximum atomic E-state index is 5.54. The normalized spacial score (nSPS) is 8.93. The summed E-state index contributed by atoms with van der Waals surface area (Å²) >= 11 is 11.1. The van der Waals surface area contributed by atoms with Crippen LogP contribution in [0.1, 0.15) is 5.56 Å². The van der Waals surface area contributed by atoms with Gasteiger partial charge in [-0.1, -0.05) is 60.1 Å². The Balaban J connectivity index is 0.000000151. The molecule has 0 amide bonds. The molecule has 0 heterocycles. The second kappa shape index (κ2) is 7.33. The van der Waals surface area contributed by atoms with Crippen molar-refractivity contribution < 1.29 is 0 Å². The minimum atomic E-state index is 0.612. The van der Waals surface area contributed by atoms with Gasteiger partial charge < -0.3 is 0 Å². The summed E-state index contributed by atoms with van der Waals surface area (Å²) < 4.78 is 0. The smallest absolute Gasteiger partial charge is 0.0474 e. The van der Waals surface area contributed by atoms with E-state index in [1.54, 1.807) is 0 Å². The van der Waals surface area contributed by atoms with Crippen molar-refractivity contribution in [1.29, 1.82) is 0 Å². The van der Waals surface area contributed by atoms with Gasteiger partial charge in [0.2, 0.25) is 0 Å². The zero-order valence-corrected chi connectivity index (χ0v) is 9.75. The highest BCUT2D eigenvalue weighted by molar-refractivity contribution is 6.30. The summed E-state index contributed by atoms with van der Waals surface area (Å²) in [6.07, 6.45) is 0. The van der Waals surface area contributed by atoms with E-state index >= 15 is 0 Å². The molecule has 0 saturated carbocycles. The van der Waals surface area contributed by atoms with Gasteiger partial charge in [0.25, 0.3) is 0 Å². The first kappa shape index (κ1) is 12.1. The van der Waals surface area contributed by atoms with Gasteiger partial charge in [0, 0.05) is 10.9 Å². The summed E-state index contributed by atoms with van der Waals surface area (Å²) in [6.45, 7) is 0. The fourth-order valence-electron chi connectivity index (χ4n) is 0.982. The van der Waals surface area contributed by atoms with Crippen LogP contribution in [0.3, 0.4) is 0 Å². The van der Waals surface area contributed by atoms with E-state index in [2.05, 4.69) is 0 Å². The van der Waals surface area contributed by atoms with Crippen molar-refractivity contribution in [2.75, 3.05) is 0 Å². The fourth-order valence-corrected chi connectivity index (χ4v) is 1.31. The lowest BCUT2D eigenvalue weighted by Gasteiger charge is -1.88. The number of benzene rings is 2. The molecule has 0 aromatic heterocycles. The van der Waals surface area contributed by atoms with E-state index in [1.165, 1.54) is 5.56 Å². The molecule has 0 spiro atoms. The van der Waals surface area contributed by atoms with Crippen LogP contribution >= 0.6 is 23.2 Å². The first-order valence-corrected chi connectivity index (χ1v) is 5.54. The summed E-state index contributed by atoms with van der Waals surface area (Å²) in [5, 5.41) is 0.794. The Bertz CT molecular complexity index is 357. The SMILES string of the molecule is ClCc1ccccc1.Clc1ccccc1. The molecule has 0 radical (unpaired) electrons. The van der Waals surface area contributed by atoms with Crippen LogP contribution in [0.5, 0.6) is 0 Å². The van der Waals surface area contributed by atoms with Crippen LogP contribution in [-0.4, -0.2) is 0 Å². The molecule has 2 rings (SSSR count). The van der Waals surface area contributed by atoms with Gasteiger partial charge >= 0.3 is 0 Å². The summed E-state index contributed by atoms with van der Waals surface area (Å²) in [5.41, 5.74) is 1.18. The minimum Gasteiger partial charge on any atom is -0.122 e. The molecule has 2 aromatic carbocycles. The molecule has 0 bridgehead atoms. The maximum Gasteiger partial charge on any atom is 0.0474 e. The Labute approximate surface area is 100 Å². The van der Waals surface area contributed by atoms with Crippen LogP contribution < -0.4 is 0 Å². The van der Waals surface area contributed by atoms with Crippen molar-refractivity contribution in [3.05, 3.63) is 71.2 Å². The molecular weight excluding hydrogens is 227 g/mol. The van der Waals surface area contributed by atoms with Crippen LogP contribution in [0.25, 0.3) is 0 Å². The Hall–Kier alpha value is -0.980. The molecule has 0 nitrogen and oxygen atoms in total. The van der Waals surface area contributed by atoms with Gasteiger partial charge in [-0.05, 0) is 17.7 Å². The van der Waals surface area contributed by atoms with E-state index in [0.29, 0.717) is 5.88 Å². The molecule has 0 N–H and O–H groups in total. The second-order valence-electron chi connectivity index (χ2n) is 2.91. The Morgan fingerprint density at radius 3 is 1.47 bits per heavy atom. The highest BCUT2D eigenvalue weighted by Crippen LogP contribution is 2.03. The number of hydrogen-bond acceptors (Lipinski definition) is 0. The van der Waals surface area contributed by atoms with Gasteiger partial charge in [0.1, 0.15) is 0 Å². The van der Waals surface area contributed by atoms with Crippen molar-refractivity contribution in [1.82, 2.24) is 0 Å². The quantitative estimate of drug-likeness (QED) is 0.629. The third kappa shape index (κ3) is 5.46. The third-order valence-electron chi connectivity index (χ3n) is 1.73. The van der Waals surface area contributed by atoms with Gasteiger partial charge in [-0.3, -0.25) is 0 Å². The molecule has 0 aliphatic heterocycles. The van der Waals surface area contributed by atoms with E-state index in [4.69, 9.17) is 23.2 Å². The summed E-state index contributed by atoms with van der Waals surface area (Å²) in [4.78, 5) is 0. The van der Waals surface area contributed by atoms with E-state index in [-0.39, 0.29) is 0 Å². The Morgan fingerprint density at radius 1 is 0.733 bits per heavy atom. The van der Waals surface area contributed by atoms with Crippen LogP contribution in [0.4, 0.5) is 0 Å². The molecule has 0 saturated heterocycles. The molecule has 2 aromatic rings. The predicted octanol–water partition coefficient (Wildman–Crippen LogP) is 4.77. The minimum absolute atomic E-state index is 0.612. The largest absolute Gasteiger partial charge is 0.122 e. The Morgan fingerprint density at radius 2 is 1.20 bits per heavy atom. The maximum absolute atomic E-state index is 5.54. The van der Waals surface area contributed by atoms with Crippen molar-refractivity contribution in [3.8, 4) is 0 Å². The van der Waals surface area contributed by atoms with E-state index in [0.717, 1.165) is 5.02 Å². The summed E-state index contributed by atoms with van der Waals surface area (Å²) in [6, 6.07) is 19.4.